The fourth-order valence-corrected chi connectivity index (χ4v) is 8.91. The van der Waals surface area contributed by atoms with Crippen LogP contribution in [0.4, 0.5) is 0 Å². The lowest BCUT2D eigenvalue weighted by atomic mass is 9.88. The highest BCUT2D eigenvalue weighted by molar-refractivity contribution is 7.91. The summed E-state index contributed by atoms with van der Waals surface area (Å²) in [7, 11) is -6.24. The fourth-order valence-electron chi connectivity index (χ4n) is 5.54. The first kappa shape index (κ1) is 13.1. The van der Waals surface area contributed by atoms with Crippen LogP contribution in [-0.2, 0) is 19.7 Å². The van der Waals surface area contributed by atoms with E-state index in [1.165, 1.54) is 12.5 Å². The number of rotatable bonds is 2. The van der Waals surface area contributed by atoms with E-state index in [-0.39, 0.29) is 46.0 Å². The predicted molar refractivity (Wildman–Crippen MR) is 76.5 cm³/mol. The molecule has 0 bridgehead atoms. The van der Waals surface area contributed by atoms with Gasteiger partial charge in [0.2, 0.25) is 0 Å². The largest absolute Gasteiger partial charge is 0.229 e. The van der Waals surface area contributed by atoms with E-state index in [0.29, 0.717) is 0 Å². The van der Waals surface area contributed by atoms with Crippen molar-refractivity contribution in [2.24, 2.45) is 35.5 Å². The van der Waals surface area contributed by atoms with Crippen LogP contribution in [0.5, 0.6) is 0 Å². The maximum absolute atomic E-state index is 12.1. The minimum atomic E-state index is -3.12. The van der Waals surface area contributed by atoms with Gasteiger partial charge in [0.1, 0.15) is 0 Å². The van der Waals surface area contributed by atoms with Gasteiger partial charge in [-0.3, -0.25) is 0 Å². The Morgan fingerprint density at radius 3 is 1.05 bits per heavy atom. The highest BCUT2D eigenvalue weighted by Gasteiger charge is 2.67. The Hall–Kier alpha value is -0.620. The number of allylic oxidation sites excluding steroid dienone is 4. The summed E-state index contributed by atoms with van der Waals surface area (Å²) >= 11 is 0. The zero-order valence-electron chi connectivity index (χ0n) is 11.4. The summed E-state index contributed by atoms with van der Waals surface area (Å²) < 4.78 is 48.5. The SMILES string of the molecule is CS(=O)(=O)C1[C@@H]2C=C[C@@H]3C2C2[C@@H]1C=C[C@@H]2C3S(C)(=O)=O. The molecule has 0 saturated heterocycles. The molecule has 2 unspecified atom stereocenters. The average Bonchev–Trinajstić information content (AvgIpc) is 2.92. The second-order valence-corrected chi connectivity index (χ2v) is 11.2. The van der Waals surface area contributed by atoms with Gasteiger partial charge in [0.15, 0.2) is 19.7 Å². The van der Waals surface area contributed by atoms with Crippen molar-refractivity contribution >= 4 is 19.7 Å². The Labute approximate surface area is 119 Å². The van der Waals surface area contributed by atoms with Crippen molar-refractivity contribution < 1.29 is 16.8 Å². The first-order chi connectivity index (χ1) is 9.21. The Balaban J connectivity index is 1.86. The Kier molecular flexibility index (Phi) is 2.34. The van der Waals surface area contributed by atoms with Gasteiger partial charge < -0.3 is 0 Å². The lowest BCUT2D eigenvalue weighted by Gasteiger charge is -2.22. The topological polar surface area (TPSA) is 68.3 Å². The van der Waals surface area contributed by atoms with Crippen LogP contribution in [-0.4, -0.2) is 39.8 Å². The molecule has 0 N–H and O–H groups in total. The van der Waals surface area contributed by atoms with Gasteiger partial charge in [0, 0.05) is 12.5 Å². The van der Waals surface area contributed by atoms with Crippen LogP contribution in [0.15, 0.2) is 24.3 Å². The molecule has 4 rings (SSSR count). The van der Waals surface area contributed by atoms with Gasteiger partial charge >= 0.3 is 0 Å². The second-order valence-electron chi connectivity index (χ2n) is 6.82. The molecule has 20 heavy (non-hydrogen) atoms. The first-order valence-corrected chi connectivity index (χ1v) is 10.9. The van der Waals surface area contributed by atoms with E-state index in [9.17, 15) is 16.8 Å². The number of hydrogen-bond donors (Lipinski definition) is 0. The van der Waals surface area contributed by atoms with Crippen LogP contribution < -0.4 is 0 Å². The molecule has 6 heteroatoms. The normalized spacial score (nSPS) is 51.9. The second kappa shape index (κ2) is 3.58. The summed E-state index contributed by atoms with van der Waals surface area (Å²) in [6.45, 7) is 0. The summed E-state index contributed by atoms with van der Waals surface area (Å²) in [4.78, 5) is 0. The molecule has 0 heterocycles. The maximum Gasteiger partial charge on any atom is 0.151 e. The van der Waals surface area contributed by atoms with Crippen LogP contribution in [0, 0.1) is 35.5 Å². The van der Waals surface area contributed by atoms with Crippen molar-refractivity contribution in [1.82, 2.24) is 0 Å². The van der Waals surface area contributed by atoms with E-state index in [2.05, 4.69) is 0 Å². The Morgan fingerprint density at radius 2 is 0.850 bits per heavy atom. The van der Waals surface area contributed by atoms with Gasteiger partial charge in [-0.1, -0.05) is 24.3 Å². The van der Waals surface area contributed by atoms with Crippen molar-refractivity contribution in [2.75, 3.05) is 12.5 Å². The molecule has 2 saturated carbocycles. The van der Waals surface area contributed by atoms with Crippen LogP contribution in [0.3, 0.4) is 0 Å². The monoisotopic (exact) mass is 314 g/mol. The minimum absolute atomic E-state index is 0.00389. The molecule has 0 aromatic heterocycles. The van der Waals surface area contributed by atoms with Gasteiger partial charge in [0.05, 0.1) is 10.5 Å². The Morgan fingerprint density at radius 1 is 0.600 bits per heavy atom. The molecule has 0 radical (unpaired) electrons. The van der Waals surface area contributed by atoms with Crippen molar-refractivity contribution in [3.8, 4) is 0 Å². The third-order valence-electron chi connectivity index (χ3n) is 5.84. The summed E-state index contributed by atoms with van der Waals surface area (Å²) in [6.07, 6.45) is 10.5. The van der Waals surface area contributed by atoms with E-state index in [1.54, 1.807) is 0 Å². The van der Waals surface area contributed by atoms with E-state index in [4.69, 9.17) is 0 Å². The summed E-state index contributed by atoms with van der Waals surface area (Å²) in [6, 6.07) is 0. The van der Waals surface area contributed by atoms with Crippen LogP contribution in [0.2, 0.25) is 0 Å². The van der Waals surface area contributed by atoms with E-state index < -0.39 is 19.7 Å². The molecule has 0 aliphatic heterocycles. The molecule has 2 fully saturated rings. The molecule has 4 aliphatic rings. The van der Waals surface area contributed by atoms with Gasteiger partial charge in [-0.25, -0.2) is 16.8 Å². The zero-order valence-corrected chi connectivity index (χ0v) is 13.0. The molecule has 0 amide bonds. The van der Waals surface area contributed by atoms with Gasteiger partial charge in [-0.2, -0.15) is 0 Å². The van der Waals surface area contributed by atoms with Crippen molar-refractivity contribution in [3.05, 3.63) is 24.3 Å². The quantitative estimate of drug-likeness (QED) is 0.703. The standard InChI is InChI=1S/C14H18O4S2/c1-19(15,16)13-7-3-5-9-11(7)12-8(13)4-6-10(12)14(9)20(2,17)18/h3-14H,1-2H3/t7-,8+,9-,10+,11?,12?,13?,14?. The fraction of sp³-hybridized carbons (Fsp3) is 0.714. The van der Waals surface area contributed by atoms with E-state index in [0.717, 1.165) is 0 Å². The highest BCUT2D eigenvalue weighted by atomic mass is 32.2. The molecule has 0 aromatic carbocycles. The minimum Gasteiger partial charge on any atom is -0.229 e. The van der Waals surface area contributed by atoms with Gasteiger partial charge in [0.25, 0.3) is 0 Å². The third-order valence-corrected chi connectivity index (χ3v) is 9.07. The molecule has 6 atom stereocenters. The van der Waals surface area contributed by atoms with E-state index >= 15 is 0 Å². The molecule has 110 valence electrons. The molecule has 0 spiro atoms. The molecule has 4 nitrogen and oxygen atoms in total. The zero-order chi connectivity index (χ0) is 14.4. The molecule has 0 aromatic rings. The summed E-state index contributed by atoms with van der Waals surface area (Å²) in [5, 5.41) is -0.721. The average molecular weight is 314 g/mol. The van der Waals surface area contributed by atoms with Gasteiger partial charge in [-0.05, 0) is 35.5 Å². The van der Waals surface area contributed by atoms with E-state index in [1.807, 2.05) is 24.3 Å². The molecular weight excluding hydrogens is 296 g/mol. The first-order valence-electron chi connectivity index (χ1n) is 6.95. The predicted octanol–water partition coefficient (Wildman–Crippen LogP) is 0.677. The summed E-state index contributed by atoms with van der Waals surface area (Å²) in [5.74, 6) is 0.403. The Bertz CT molecular complexity index is 639. The third kappa shape index (κ3) is 1.42. The van der Waals surface area contributed by atoms with Crippen LogP contribution in [0.25, 0.3) is 0 Å². The van der Waals surface area contributed by atoms with Crippen molar-refractivity contribution in [2.45, 2.75) is 10.5 Å². The van der Waals surface area contributed by atoms with Crippen molar-refractivity contribution in [3.63, 3.8) is 0 Å². The number of sulfone groups is 2. The maximum atomic E-state index is 12.1. The summed E-state index contributed by atoms with van der Waals surface area (Å²) in [5.41, 5.74) is 0. The lowest BCUT2D eigenvalue weighted by Crippen LogP contribution is -2.34. The van der Waals surface area contributed by atoms with Gasteiger partial charge in [-0.15, -0.1) is 0 Å². The molecular formula is C14H18O4S2. The molecule has 4 aliphatic carbocycles. The van der Waals surface area contributed by atoms with Crippen molar-refractivity contribution in [1.29, 1.82) is 0 Å². The smallest absolute Gasteiger partial charge is 0.151 e. The highest BCUT2D eigenvalue weighted by Crippen LogP contribution is 2.65. The van der Waals surface area contributed by atoms with Crippen LogP contribution in [0.1, 0.15) is 0 Å². The van der Waals surface area contributed by atoms with Crippen LogP contribution >= 0.6 is 0 Å². The lowest BCUT2D eigenvalue weighted by molar-refractivity contribution is 0.343. The number of hydrogen-bond acceptors (Lipinski definition) is 4.